The maximum absolute atomic E-state index is 7.50. The van der Waals surface area contributed by atoms with Gasteiger partial charge >= 0.3 is 0 Å². The number of hydrogen-bond acceptors (Lipinski definition) is 6. The summed E-state index contributed by atoms with van der Waals surface area (Å²) in [6, 6.07) is 28.9. The van der Waals surface area contributed by atoms with E-state index in [9.17, 15) is 0 Å². The first-order chi connectivity index (χ1) is 25.1. The van der Waals surface area contributed by atoms with Gasteiger partial charge in [0.1, 0.15) is 34.6 Å². The van der Waals surface area contributed by atoms with Crippen molar-refractivity contribution in [2.45, 2.75) is 141 Å². The Bertz CT molecular complexity index is 1850. The van der Waals surface area contributed by atoms with Crippen LogP contribution in [0.5, 0.6) is 5.75 Å². The average molecular weight is 771 g/mol. The Labute approximate surface area is 327 Å². The summed E-state index contributed by atoms with van der Waals surface area (Å²) < 4.78 is 41.3. The lowest BCUT2D eigenvalue weighted by molar-refractivity contribution is -0.260. The molecule has 3 aromatic carbocycles. The summed E-state index contributed by atoms with van der Waals surface area (Å²) >= 11 is 0. The molecule has 0 saturated carbocycles. The maximum Gasteiger partial charge on any atom is 0.192 e. The summed E-state index contributed by atoms with van der Waals surface area (Å²) in [7, 11) is -4.37. The summed E-state index contributed by atoms with van der Waals surface area (Å²) in [6.07, 6.45) is 1.21. The fourth-order valence-electron chi connectivity index (χ4n) is 6.65. The Hall–Kier alpha value is -2.99. The molecule has 1 aliphatic rings. The Kier molecular flexibility index (Phi) is 12.7. The highest BCUT2D eigenvalue weighted by molar-refractivity contribution is 6.74. The molecular formula is C46H66O6Si2. The van der Waals surface area contributed by atoms with Crippen LogP contribution in [0.2, 0.25) is 36.3 Å². The summed E-state index contributed by atoms with van der Waals surface area (Å²) in [5.74, 6) is 2.45. The normalized spacial score (nSPS) is 22.7. The molecule has 1 fully saturated rings. The van der Waals surface area contributed by atoms with E-state index in [1.54, 1.807) is 0 Å². The summed E-state index contributed by atoms with van der Waals surface area (Å²) in [6.45, 7) is 33.5. The zero-order valence-electron chi connectivity index (χ0n) is 35.1. The molecule has 4 aromatic rings. The van der Waals surface area contributed by atoms with Crippen LogP contribution in [0.25, 0.3) is 16.3 Å². The zero-order chi connectivity index (χ0) is 39.6. The van der Waals surface area contributed by atoms with E-state index >= 15 is 0 Å². The largest absolute Gasteiger partial charge is 0.487 e. The molecular weight excluding hydrogens is 705 g/mol. The van der Waals surface area contributed by atoms with Crippen molar-refractivity contribution in [3.63, 3.8) is 0 Å². The van der Waals surface area contributed by atoms with Crippen LogP contribution in [0, 0.1) is 0 Å². The van der Waals surface area contributed by atoms with E-state index in [1.807, 2.05) is 30.3 Å². The predicted molar refractivity (Wildman–Crippen MR) is 228 cm³/mol. The van der Waals surface area contributed by atoms with Crippen molar-refractivity contribution in [1.82, 2.24) is 0 Å². The minimum atomic E-state index is -2.24. The molecule has 0 aliphatic carbocycles. The van der Waals surface area contributed by atoms with Gasteiger partial charge in [-0.1, -0.05) is 115 Å². The lowest BCUT2D eigenvalue weighted by atomic mass is 9.79. The van der Waals surface area contributed by atoms with E-state index in [4.69, 9.17) is 27.5 Å². The monoisotopic (exact) mass is 770 g/mol. The third-order valence-corrected chi connectivity index (χ3v) is 21.2. The van der Waals surface area contributed by atoms with Gasteiger partial charge in [0.25, 0.3) is 0 Å². The highest BCUT2D eigenvalue weighted by Gasteiger charge is 2.57. The van der Waals surface area contributed by atoms with Crippen molar-refractivity contribution < 1.29 is 27.5 Å². The Morgan fingerprint density at radius 1 is 0.778 bits per heavy atom. The summed E-state index contributed by atoms with van der Waals surface area (Å²) in [4.78, 5) is 0. The molecule has 0 radical (unpaired) electrons. The molecule has 6 nitrogen and oxygen atoms in total. The second-order valence-electron chi connectivity index (χ2n) is 18.8. The van der Waals surface area contributed by atoms with Gasteiger partial charge in [-0.2, -0.15) is 0 Å². The highest BCUT2D eigenvalue weighted by Crippen LogP contribution is 2.48. The van der Waals surface area contributed by atoms with Crippen molar-refractivity contribution >= 4 is 33.0 Å². The first-order valence-electron chi connectivity index (χ1n) is 19.7. The van der Waals surface area contributed by atoms with Crippen LogP contribution in [0.4, 0.5) is 0 Å². The molecule has 0 bridgehead atoms. The van der Waals surface area contributed by atoms with Crippen LogP contribution in [0.15, 0.2) is 95.9 Å². The van der Waals surface area contributed by atoms with E-state index in [1.165, 1.54) is 0 Å². The Morgan fingerprint density at radius 2 is 1.43 bits per heavy atom. The van der Waals surface area contributed by atoms with Crippen LogP contribution >= 0.6 is 0 Å². The molecule has 1 aromatic heterocycles. The Morgan fingerprint density at radius 3 is 2.11 bits per heavy atom. The number of rotatable bonds is 15. The first-order valence-corrected chi connectivity index (χ1v) is 25.5. The molecule has 54 heavy (non-hydrogen) atoms. The molecule has 0 amide bonds. The second-order valence-corrected chi connectivity index (χ2v) is 28.4. The molecule has 0 unspecified atom stereocenters. The molecule has 0 N–H and O–H groups in total. The lowest BCUT2D eigenvalue weighted by Gasteiger charge is -2.56. The first kappa shape index (κ1) is 42.2. The number of furan rings is 1. The van der Waals surface area contributed by atoms with Gasteiger partial charge in [0.2, 0.25) is 0 Å². The summed E-state index contributed by atoms with van der Waals surface area (Å²) in [5.41, 5.74) is 0.476. The van der Waals surface area contributed by atoms with Crippen LogP contribution in [0.1, 0.15) is 85.3 Å². The van der Waals surface area contributed by atoms with Crippen molar-refractivity contribution in [2.75, 3.05) is 13.2 Å². The lowest BCUT2D eigenvalue weighted by Crippen LogP contribution is -2.66. The van der Waals surface area contributed by atoms with Crippen molar-refractivity contribution in [2.24, 2.45) is 0 Å². The van der Waals surface area contributed by atoms with Crippen molar-refractivity contribution in [3.8, 4) is 5.75 Å². The predicted octanol–water partition coefficient (Wildman–Crippen LogP) is 12.4. The van der Waals surface area contributed by atoms with Gasteiger partial charge in [-0.3, -0.25) is 0 Å². The third-order valence-electron chi connectivity index (χ3n) is 12.2. The number of benzene rings is 3. The van der Waals surface area contributed by atoms with E-state index < -0.39 is 27.8 Å². The van der Waals surface area contributed by atoms with Gasteiger partial charge in [-0.05, 0) is 84.8 Å². The molecule has 5 rings (SSSR count). The Balaban J connectivity index is 1.45. The molecule has 2 heterocycles. The molecule has 8 heteroatoms. The smallest absolute Gasteiger partial charge is 0.192 e. The molecule has 0 spiro atoms. The van der Waals surface area contributed by atoms with Crippen LogP contribution in [-0.2, 0) is 31.4 Å². The van der Waals surface area contributed by atoms with Crippen molar-refractivity contribution in [1.29, 1.82) is 0 Å². The van der Waals surface area contributed by atoms with Crippen molar-refractivity contribution in [3.05, 3.63) is 109 Å². The van der Waals surface area contributed by atoms with E-state index in [-0.39, 0.29) is 22.3 Å². The topological polar surface area (TPSA) is 59.3 Å². The minimum absolute atomic E-state index is 0.0127. The maximum atomic E-state index is 7.50. The number of fused-ring (bicyclic) bond motifs is 1. The molecule has 294 valence electrons. The van der Waals surface area contributed by atoms with Gasteiger partial charge in [0, 0.05) is 24.6 Å². The highest BCUT2D eigenvalue weighted by atomic mass is 28.4. The summed E-state index contributed by atoms with van der Waals surface area (Å²) in [5, 5.41) is 2.27. The van der Waals surface area contributed by atoms with Gasteiger partial charge in [0.05, 0.1) is 25.9 Å². The van der Waals surface area contributed by atoms with Gasteiger partial charge in [0.15, 0.2) is 16.6 Å². The fourth-order valence-corrected chi connectivity index (χ4v) is 9.14. The molecule has 4 atom stereocenters. The van der Waals surface area contributed by atoms with Crippen LogP contribution in [0.3, 0.4) is 0 Å². The fraction of sp³-hybridized carbons (Fsp3) is 0.522. The van der Waals surface area contributed by atoms with Crippen LogP contribution in [-0.4, -0.2) is 53.3 Å². The standard InChI is InChI=1S/C46H66O6Si2/c1-34(39-27-26-37(49-39)28-29-47-32-35-20-15-14-16-21-35)31-45(8)41(50-40-25-19-23-36-22-17-18-24-38(36)40)30-42(51-54(12,13)44(5,6)7)46(9,52-45)33-48-53(10,11)43(2,3)4/h14-27,41-42H,1,28-33H2,2-13H3/t41-,42+,45+,46-/m1/s1. The zero-order valence-corrected chi connectivity index (χ0v) is 37.1. The molecule has 1 aliphatic heterocycles. The third kappa shape index (κ3) is 9.87. The average Bonchev–Trinajstić information content (AvgIpc) is 3.57. The van der Waals surface area contributed by atoms with Gasteiger partial charge in [-0.15, -0.1) is 0 Å². The van der Waals surface area contributed by atoms with E-state index in [0.717, 1.165) is 39.2 Å². The van der Waals surface area contributed by atoms with Gasteiger partial charge < -0.3 is 27.5 Å². The number of hydrogen-bond donors (Lipinski definition) is 0. The second kappa shape index (κ2) is 16.2. The van der Waals surface area contributed by atoms with E-state index in [2.05, 4.69) is 143 Å². The minimum Gasteiger partial charge on any atom is -0.487 e. The SMILES string of the molecule is C=C(C[C@]1(C)O[C@](C)(CO[Si](C)(C)C(C)(C)C)[C@@H](O[Si](C)(C)C(C)(C)C)C[C@H]1Oc1cccc2ccccc12)c1ccc(CCOCc2ccccc2)o1. The quantitative estimate of drug-likeness (QED) is 0.0886. The number of ether oxygens (including phenoxy) is 3. The molecule has 1 saturated heterocycles. The van der Waals surface area contributed by atoms with Gasteiger partial charge in [-0.25, -0.2) is 0 Å². The van der Waals surface area contributed by atoms with E-state index in [0.29, 0.717) is 39.1 Å². The van der Waals surface area contributed by atoms with Crippen LogP contribution < -0.4 is 4.74 Å².